The second kappa shape index (κ2) is 12.3. The zero-order chi connectivity index (χ0) is 29.1. The number of fused-ring (bicyclic) bond motifs is 1. The van der Waals surface area contributed by atoms with Crippen LogP contribution in [0.4, 0.5) is 16.2 Å². The number of amides is 3. The van der Waals surface area contributed by atoms with Gasteiger partial charge in [-0.05, 0) is 36.8 Å². The molecule has 0 saturated heterocycles. The molecule has 2 heterocycles. The molecular formula is C30H26Cl2N4O4S. The second-order valence-corrected chi connectivity index (χ2v) is 11.0. The van der Waals surface area contributed by atoms with Gasteiger partial charge in [0.25, 0.3) is 5.91 Å². The summed E-state index contributed by atoms with van der Waals surface area (Å²) in [5, 5.41) is 10.5. The number of anilines is 2. The normalized spacial score (nSPS) is 16.1. The number of allylic oxidation sites excluding steroid dienone is 1. The highest BCUT2D eigenvalue weighted by Crippen LogP contribution is 2.46. The zero-order valence-corrected chi connectivity index (χ0v) is 24.7. The summed E-state index contributed by atoms with van der Waals surface area (Å²) in [6, 6.07) is 19.3. The Morgan fingerprint density at radius 1 is 0.927 bits per heavy atom. The quantitative estimate of drug-likeness (QED) is 0.262. The average Bonchev–Trinajstić information content (AvgIpc) is 3.35. The van der Waals surface area contributed by atoms with Crippen molar-refractivity contribution in [2.75, 3.05) is 30.6 Å². The van der Waals surface area contributed by atoms with Gasteiger partial charge in [0.1, 0.15) is 16.5 Å². The molecule has 0 spiro atoms. The molecule has 0 aromatic heterocycles. The van der Waals surface area contributed by atoms with Gasteiger partial charge in [-0.1, -0.05) is 65.3 Å². The van der Waals surface area contributed by atoms with Gasteiger partial charge in [-0.3, -0.25) is 4.79 Å². The maximum Gasteiger partial charge on any atom is 0.323 e. The first-order valence-corrected chi connectivity index (χ1v) is 14.3. The predicted octanol–water partition coefficient (Wildman–Crippen LogP) is 7.24. The van der Waals surface area contributed by atoms with Crippen LogP contribution in [0.15, 0.2) is 94.3 Å². The van der Waals surface area contributed by atoms with Crippen molar-refractivity contribution in [2.45, 2.75) is 12.8 Å². The van der Waals surface area contributed by atoms with Crippen molar-refractivity contribution in [3.63, 3.8) is 0 Å². The van der Waals surface area contributed by atoms with E-state index in [0.29, 0.717) is 55.6 Å². The minimum absolute atomic E-state index is 0.285. The SMILES string of the molecule is COc1cc(NC(=O)NC2=C3C(=NC(C)=C(C(=O)Nc4ccc(Cl)cc4)C3c3ccccc3)SC2)c(OC)cc1Cl. The van der Waals surface area contributed by atoms with E-state index < -0.39 is 11.9 Å². The molecule has 2 aliphatic heterocycles. The molecule has 210 valence electrons. The molecule has 1 unspecified atom stereocenters. The van der Waals surface area contributed by atoms with Gasteiger partial charge in [0, 0.05) is 51.5 Å². The molecule has 3 amide bonds. The van der Waals surface area contributed by atoms with Crippen LogP contribution in [-0.4, -0.2) is 37.0 Å². The highest BCUT2D eigenvalue weighted by molar-refractivity contribution is 8.15. The summed E-state index contributed by atoms with van der Waals surface area (Å²) in [5.41, 5.74) is 4.45. The lowest BCUT2D eigenvalue weighted by Gasteiger charge is -2.28. The van der Waals surface area contributed by atoms with E-state index in [1.54, 1.807) is 36.4 Å². The van der Waals surface area contributed by atoms with E-state index in [4.69, 9.17) is 37.7 Å². The number of aliphatic imine (C=N–C) groups is 1. The Hall–Kier alpha value is -3.92. The van der Waals surface area contributed by atoms with E-state index in [0.717, 1.165) is 16.2 Å². The van der Waals surface area contributed by atoms with Crippen molar-refractivity contribution < 1.29 is 19.1 Å². The molecule has 0 saturated carbocycles. The third-order valence-corrected chi connectivity index (χ3v) is 8.18. The van der Waals surface area contributed by atoms with E-state index >= 15 is 0 Å². The Labute approximate surface area is 251 Å². The summed E-state index contributed by atoms with van der Waals surface area (Å²) in [7, 11) is 2.98. The van der Waals surface area contributed by atoms with E-state index in [2.05, 4.69) is 16.0 Å². The Kier molecular flexibility index (Phi) is 8.58. The monoisotopic (exact) mass is 608 g/mol. The van der Waals surface area contributed by atoms with Gasteiger partial charge in [-0.2, -0.15) is 0 Å². The summed E-state index contributed by atoms with van der Waals surface area (Å²) in [4.78, 5) is 31.8. The average molecular weight is 610 g/mol. The maximum atomic E-state index is 13.7. The molecule has 0 aliphatic carbocycles. The molecule has 0 bridgehead atoms. The number of ether oxygens (including phenoxy) is 2. The Morgan fingerprint density at radius 3 is 2.32 bits per heavy atom. The molecule has 8 nitrogen and oxygen atoms in total. The van der Waals surface area contributed by atoms with Gasteiger partial charge in [-0.15, -0.1) is 0 Å². The highest BCUT2D eigenvalue weighted by atomic mass is 35.5. The van der Waals surface area contributed by atoms with E-state index in [1.807, 2.05) is 37.3 Å². The van der Waals surface area contributed by atoms with Crippen LogP contribution in [0.5, 0.6) is 11.5 Å². The van der Waals surface area contributed by atoms with Crippen molar-refractivity contribution in [2.24, 2.45) is 4.99 Å². The fourth-order valence-electron chi connectivity index (χ4n) is 4.74. The first kappa shape index (κ1) is 28.6. The smallest absolute Gasteiger partial charge is 0.323 e. The summed E-state index contributed by atoms with van der Waals surface area (Å²) >= 11 is 13.7. The second-order valence-electron chi connectivity index (χ2n) is 9.17. The van der Waals surface area contributed by atoms with Crippen molar-refractivity contribution in [3.05, 3.63) is 105 Å². The largest absolute Gasteiger partial charge is 0.495 e. The maximum absolute atomic E-state index is 13.7. The fraction of sp³-hybridized carbons (Fsp3) is 0.167. The molecule has 41 heavy (non-hydrogen) atoms. The van der Waals surface area contributed by atoms with Crippen LogP contribution >= 0.6 is 35.0 Å². The summed E-state index contributed by atoms with van der Waals surface area (Å²) in [6.07, 6.45) is 0. The number of carbonyl (C=O) groups excluding carboxylic acids is 2. The van der Waals surface area contributed by atoms with E-state index in [1.165, 1.54) is 26.0 Å². The van der Waals surface area contributed by atoms with Crippen molar-refractivity contribution >= 4 is 63.3 Å². The van der Waals surface area contributed by atoms with Crippen LogP contribution in [0.1, 0.15) is 18.4 Å². The number of urea groups is 1. The third-order valence-electron chi connectivity index (χ3n) is 6.61. The molecule has 11 heteroatoms. The molecule has 1 atom stereocenters. The van der Waals surface area contributed by atoms with Gasteiger partial charge in [0.2, 0.25) is 0 Å². The lowest BCUT2D eigenvalue weighted by atomic mass is 9.81. The Bertz CT molecular complexity index is 1600. The molecule has 0 radical (unpaired) electrons. The Balaban J connectivity index is 1.49. The number of hydrogen-bond donors (Lipinski definition) is 3. The van der Waals surface area contributed by atoms with Gasteiger partial charge in [0.15, 0.2) is 0 Å². The lowest BCUT2D eigenvalue weighted by molar-refractivity contribution is -0.113. The number of benzene rings is 3. The summed E-state index contributed by atoms with van der Waals surface area (Å²) in [6.45, 7) is 1.83. The minimum atomic E-state index is -0.484. The number of nitrogens with zero attached hydrogens (tertiary/aromatic N) is 1. The Morgan fingerprint density at radius 2 is 1.63 bits per heavy atom. The van der Waals surface area contributed by atoms with E-state index in [9.17, 15) is 9.59 Å². The van der Waals surface area contributed by atoms with Crippen LogP contribution in [0.2, 0.25) is 10.0 Å². The van der Waals surface area contributed by atoms with Crippen molar-refractivity contribution in [1.82, 2.24) is 5.32 Å². The van der Waals surface area contributed by atoms with Crippen LogP contribution in [0.25, 0.3) is 0 Å². The zero-order valence-electron chi connectivity index (χ0n) is 22.4. The number of methoxy groups -OCH3 is 2. The number of nitrogens with one attached hydrogen (secondary N) is 3. The number of carbonyl (C=O) groups is 2. The van der Waals surface area contributed by atoms with Crippen molar-refractivity contribution in [1.29, 1.82) is 0 Å². The first-order valence-electron chi connectivity index (χ1n) is 12.6. The van der Waals surface area contributed by atoms with Crippen LogP contribution in [0, 0.1) is 0 Å². The number of hydrogen-bond acceptors (Lipinski definition) is 6. The molecule has 5 rings (SSSR count). The van der Waals surface area contributed by atoms with Gasteiger partial charge < -0.3 is 25.4 Å². The topological polar surface area (TPSA) is 101 Å². The standard InChI is InChI=1S/C30H26Cl2N4O4S/c1-16-25(28(37)34-19-11-9-18(31)10-12-19)26(17-7-5-4-6-8-17)27-22(15-41-29(27)33-16)36-30(38)35-21-14-23(39-2)20(32)13-24(21)40-3/h4-14,26H,15H2,1-3H3,(H,34,37)(H2,35,36,38). The highest BCUT2D eigenvalue weighted by Gasteiger charge is 2.39. The lowest BCUT2D eigenvalue weighted by Crippen LogP contribution is -2.32. The fourth-order valence-corrected chi connectivity index (χ4v) is 6.20. The van der Waals surface area contributed by atoms with Gasteiger partial charge >= 0.3 is 6.03 Å². The van der Waals surface area contributed by atoms with Crippen LogP contribution in [-0.2, 0) is 4.79 Å². The number of halogens is 2. The van der Waals surface area contributed by atoms with Crippen LogP contribution < -0.4 is 25.4 Å². The first-order chi connectivity index (χ1) is 19.8. The molecular weight excluding hydrogens is 583 g/mol. The molecule has 2 aliphatic rings. The molecule has 3 aromatic carbocycles. The van der Waals surface area contributed by atoms with Gasteiger partial charge in [0.05, 0.1) is 30.5 Å². The van der Waals surface area contributed by atoms with E-state index in [-0.39, 0.29) is 5.91 Å². The summed E-state index contributed by atoms with van der Waals surface area (Å²) in [5.74, 6) is 0.514. The number of rotatable bonds is 7. The predicted molar refractivity (Wildman–Crippen MR) is 166 cm³/mol. The molecule has 3 aromatic rings. The summed E-state index contributed by atoms with van der Waals surface area (Å²) < 4.78 is 10.7. The number of thioether (sulfide) groups is 1. The minimum Gasteiger partial charge on any atom is -0.495 e. The third kappa shape index (κ3) is 6.07. The van der Waals surface area contributed by atoms with Crippen LogP contribution in [0.3, 0.4) is 0 Å². The molecule has 3 N–H and O–H groups in total. The molecule has 0 fully saturated rings. The van der Waals surface area contributed by atoms with Gasteiger partial charge in [-0.25, -0.2) is 9.79 Å². The van der Waals surface area contributed by atoms with Crippen molar-refractivity contribution in [3.8, 4) is 11.5 Å².